The lowest BCUT2D eigenvalue weighted by Gasteiger charge is -2.22. The van der Waals surface area contributed by atoms with Crippen LogP contribution in [0.2, 0.25) is 0 Å². The molecule has 1 unspecified atom stereocenters. The molecule has 21 heavy (non-hydrogen) atoms. The van der Waals surface area contributed by atoms with Crippen LogP contribution in [0.4, 0.5) is 0 Å². The van der Waals surface area contributed by atoms with Crippen LogP contribution in [0.5, 0.6) is 0 Å². The zero-order valence-corrected chi connectivity index (χ0v) is 13.4. The maximum atomic E-state index is 5.90. The summed E-state index contributed by atoms with van der Waals surface area (Å²) in [5, 5.41) is 3.38. The molecule has 2 heteroatoms. The van der Waals surface area contributed by atoms with Gasteiger partial charge in [0.25, 0.3) is 0 Å². The number of likely N-dealkylation sites (N-methyl/N-ethyl adjacent to an activating group) is 1. The maximum absolute atomic E-state index is 5.90. The number of ether oxygens (including phenoxy) is 1. The zero-order valence-electron chi connectivity index (χ0n) is 13.4. The smallest absolute Gasteiger partial charge is 0.0717 e. The van der Waals surface area contributed by atoms with Gasteiger partial charge < -0.3 is 10.1 Å². The molecule has 0 radical (unpaired) electrons. The second-order valence-corrected chi connectivity index (χ2v) is 5.65. The summed E-state index contributed by atoms with van der Waals surface area (Å²) >= 11 is 0. The van der Waals surface area contributed by atoms with Gasteiger partial charge in [0.15, 0.2) is 0 Å². The summed E-state index contributed by atoms with van der Waals surface area (Å²) in [5.41, 5.74) is 6.54. The Kier molecular flexibility index (Phi) is 5.54. The van der Waals surface area contributed by atoms with Crippen molar-refractivity contribution in [3.63, 3.8) is 0 Å². The first-order valence-corrected chi connectivity index (χ1v) is 7.48. The Labute approximate surface area is 128 Å². The number of aryl methyl sites for hydroxylation is 3. The topological polar surface area (TPSA) is 21.3 Å². The standard InChI is InChI=1S/C19H25NO/c1-14-10-15(2)19(16(3)11-14)18(20-4)13-21-12-17-8-6-5-7-9-17/h5-11,18,20H,12-13H2,1-4H3. The van der Waals surface area contributed by atoms with Gasteiger partial charge in [0.1, 0.15) is 0 Å². The molecule has 2 aromatic rings. The van der Waals surface area contributed by atoms with E-state index < -0.39 is 0 Å². The van der Waals surface area contributed by atoms with Gasteiger partial charge in [-0.3, -0.25) is 0 Å². The highest BCUT2D eigenvalue weighted by Gasteiger charge is 2.15. The molecule has 1 N–H and O–H groups in total. The van der Waals surface area contributed by atoms with Gasteiger partial charge in [-0.15, -0.1) is 0 Å². The van der Waals surface area contributed by atoms with E-state index in [0.29, 0.717) is 13.2 Å². The van der Waals surface area contributed by atoms with Crippen LogP contribution in [0.3, 0.4) is 0 Å². The fraction of sp³-hybridized carbons (Fsp3) is 0.368. The Morgan fingerprint density at radius 2 is 1.62 bits per heavy atom. The van der Waals surface area contributed by atoms with Crippen molar-refractivity contribution in [3.8, 4) is 0 Å². The van der Waals surface area contributed by atoms with Crippen molar-refractivity contribution in [2.75, 3.05) is 13.7 Å². The molecule has 0 spiro atoms. The van der Waals surface area contributed by atoms with Crippen molar-refractivity contribution in [2.24, 2.45) is 0 Å². The third-order valence-corrected chi connectivity index (χ3v) is 3.83. The molecule has 1 atom stereocenters. The molecule has 0 bridgehead atoms. The van der Waals surface area contributed by atoms with Crippen molar-refractivity contribution >= 4 is 0 Å². The minimum atomic E-state index is 0.231. The van der Waals surface area contributed by atoms with E-state index in [1.54, 1.807) is 0 Å². The van der Waals surface area contributed by atoms with Crippen molar-refractivity contribution in [2.45, 2.75) is 33.4 Å². The molecule has 2 rings (SSSR count). The molecule has 0 heterocycles. The second-order valence-electron chi connectivity index (χ2n) is 5.65. The molecule has 0 amide bonds. The number of hydrogen-bond donors (Lipinski definition) is 1. The van der Waals surface area contributed by atoms with Gasteiger partial charge in [0.05, 0.1) is 19.3 Å². The SMILES string of the molecule is CNC(COCc1ccccc1)c1c(C)cc(C)cc1C. The van der Waals surface area contributed by atoms with Crippen LogP contribution in [-0.2, 0) is 11.3 Å². The summed E-state index contributed by atoms with van der Waals surface area (Å²) in [5.74, 6) is 0. The van der Waals surface area contributed by atoms with Crippen LogP contribution in [0, 0.1) is 20.8 Å². The van der Waals surface area contributed by atoms with E-state index in [1.165, 1.54) is 27.8 Å². The van der Waals surface area contributed by atoms with E-state index >= 15 is 0 Å². The lowest BCUT2D eigenvalue weighted by Crippen LogP contribution is -2.23. The molecule has 0 aliphatic heterocycles. The molecule has 2 nitrogen and oxygen atoms in total. The van der Waals surface area contributed by atoms with Crippen LogP contribution in [-0.4, -0.2) is 13.7 Å². The van der Waals surface area contributed by atoms with Crippen LogP contribution in [0.25, 0.3) is 0 Å². The Hall–Kier alpha value is -1.64. The van der Waals surface area contributed by atoms with Gasteiger partial charge in [0, 0.05) is 0 Å². The summed E-state index contributed by atoms with van der Waals surface area (Å²) in [6.07, 6.45) is 0. The normalized spacial score (nSPS) is 12.4. The highest BCUT2D eigenvalue weighted by atomic mass is 16.5. The van der Waals surface area contributed by atoms with Gasteiger partial charge >= 0.3 is 0 Å². The Bertz CT molecular complexity index is 554. The average Bonchev–Trinajstić information content (AvgIpc) is 2.45. The van der Waals surface area contributed by atoms with Crippen molar-refractivity contribution in [1.29, 1.82) is 0 Å². The molecular formula is C19H25NO. The highest BCUT2D eigenvalue weighted by Crippen LogP contribution is 2.24. The molecule has 0 saturated carbocycles. The Balaban J connectivity index is 2.03. The van der Waals surface area contributed by atoms with Crippen LogP contribution < -0.4 is 5.32 Å². The first-order valence-electron chi connectivity index (χ1n) is 7.48. The molecule has 2 aromatic carbocycles. The van der Waals surface area contributed by atoms with Crippen LogP contribution >= 0.6 is 0 Å². The monoisotopic (exact) mass is 283 g/mol. The average molecular weight is 283 g/mol. The van der Waals surface area contributed by atoms with Gasteiger partial charge in [-0.05, 0) is 50.1 Å². The summed E-state index contributed by atoms with van der Waals surface area (Å²) in [7, 11) is 2.00. The number of hydrogen-bond acceptors (Lipinski definition) is 2. The molecule has 0 fully saturated rings. The predicted octanol–water partition coefficient (Wildman–Crippen LogP) is 4.09. The van der Waals surface area contributed by atoms with E-state index in [1.807, 2.05) is 25.2 Å². The van der Waals surface area contributed by atoms with Crippen LogP contribution in [0.15, 0.2) is 42.5 Å². The Morgan fingerprint density at radius 3 is 2.19 bits per heavy atom. The van der Waals surface area contributed by atoms with E-state index in [9.17, 15) is 0 Å². The second kappa shape index (κ2) is 7.39. The van der Waals surface area contributed by atoms with Crippen molar-refractivity contribution < 1.29 is 4.74 Å². The van der Waals surface area contributed by atoms with Gasteiger partial charge in [-0.2, -0.15) is 0 Å². The molecular weight excluding hydrogens is 258 g/mol. The number of nitrogens with one attached hydrogen (secondary N) is 1. The van der Waals surface area contributed by atoms with Gasteiger partial charge in [0.2, 0.25) is 0 Å². The van der Waals surface area contributed by atoms with Crippen LogP contribution in [0.1, 0.15) is 33.9 Å². The third-order valence-electron chi connectivity index (χ3n) is 3.83. The molecule has 0 aliphatic rings. The summed E-state index contributed by atoms with van der Waals surface area (Å²) in [6, 6.07) is 15.0. The predicted molar refractivity (Wildman–Crippen MR) is 88.6 cm³/mol. The quantitative estimate of drug-likeness (QED) is 0.862. The molecule has 112 valence electrons. The first-order chi connectivity index (χ1) is 10.1. The summed E-state index contributed by atoms with van der Waals surface area (Å²) in [4.78, 5) is 0. The first kappa shape index (κ1) is 15.7. The largest absolute Gasteiger partial charge is 0.375 e. The zero-order chi connectivity index (χ0) is 15.2. The third kappa shape index (κ3) is 4.16. The lowest BCUT2D eigenvalue weighted by molar-refractivity contribution is 0.100. The number of benzene rings is 2. The summed E-state index contributed by atoms with van der Waals surface area (Å²) < 4.78 is 5.90. The van der Waals surface area contributed by atoms with Crippen molar-refractivity contribution in [1.82, 2.24) is 5.32 Å². The molecule has 0 aliphatic carbocycles. The van der Waals surface area contributed by atoms with E-state index in [2.05, 4.69) is 50.4 Å². The minimum Gasteiger partial charge on any atom is -0.375 e. The van der Waals surface area contributed by atoms with E-state index in [4.69, 9.17) is 4.74 Å². The minimum absolute atomic E-state index is 0.231. The summed E-state index contributed by atoms with van der Waals surface area (Å²) in [6.45, 7) is 7.83. The maximum Gasteiger partial charge on any atom is 0.0717 e. The fourth-order valence-corrected chi connectivity index (χ4v) is 2.92. The van der Waals surface area contributed by atoms with E-state index in [0.717, 1.165) is 0 Å². The number of rotatable bonds is 6. The lowest BCUT2D eigenvalue weighted by atomic mass is 9.94. The van der Waals surface area contributed by atoms with E-state index in [-0.39, 0.29) is 6.04 Å². The fourth-order valence-electron chi connectivity index (χ4n) is 2.92. The Morgan fingerprint density at radius 1 is 1.00 bits per heavy atom. The highest BCUT2D eigenvalue weighted by molar-refractivity contribution is 5.39. The van der Waals surface area contributed by atoms with Gasteiger partial charge in [-0.25, -0.2) is 0 Å². The molecule has 0 saturated heterocycles. The van der Waals surface area contributed by atoms with Gasteiger partial charge in [-0.1, -0.05) is 48.0 Å². The van der Waals surface area contributed by atoms with Crippen molar-refractivity contribution in [3.05, 3.63) is 70.3 Å². The molecule has 0 aromatic heterocycles.